The zero-order chi connectivity index (χ0) is 16.3. The Morgan fingerprint density at radius 2 is 2.04 bits per heavy atom. The molecule has 0 aliphatic heterocycles. The Hall–Kier alpha value is -1.42. The SMILES string of the molecule is CCOCCCCNC(=NC)NCCc1nnc2ccccn12.I. The molecule has 0 spiro atoms. The first-order valence-corrected chi connectivity index (χ1v) is 8.16. The van der Waals surface area contributed by atoms with E-state index in [2.05, 4.69) is 25.8 Å². The number of hydrogen-bond donors (Lipinski definition) is 2. The van der Waals surface area contributed by atoms with Crippen LogP contribution >= 0.6 is 24.0 Å². The van der Waals surface area contributed by atoms with Crippen molar-refractivity contribution in [3.8, 4) is 0 Å². The molecular formula is C16H27IN6O. The summed E-state index contributed by atoms with van der Waals surface area (Å²) in [5.41, 5.74) is 0.874. The number of unbranched alkanes of at least 4 members (excludes halogenated alkanes) is 1. The van der Waals surface area contributed by atoms with Crippen LogP contribution in [0.3, 0.4) is 0 Å². The van der Waals surface area contributed by atoms with Crippen LogP contribution in [0.2, 0.25) is 0 Å². The molecular weight excluding hydrogens is 419 g/mol. The van der Waals surface area contributed by atoms with Crippen molar-refractivity contribution in [2.75, 3.05) is 33.4 Å². The molecule has 134 valence electrons. The second-order valence-corrected chi connectivity index (χ2v) is 5.12. The van der Waals surface area contributed by atoms with Gasteiger partial charge in [0.25, 0.3) is 0 Å². The molecule has 0 bridgehead atoms. The number of pyridine rings is 1. The molecule has 0 radical (unpaired) electrons. The fourth-order valence-corrected chi connectivity index (χ4v) is 2.25. The molecule has 2 aromatic rings. The van der Waals surface area contributed by atoms with Gasteiger partial charge in [-0.3, -0.25) is 9.39 Å². The molecule has 0 aliphatic carbocycles. The third kappa shape index (κ3) is 6.60. The summed E-state index contributed by atoms with van der Waals surface area (Å²) in [5.74, 6) is 1.76. The topological polar surface area (TPSA) is 75.8 Å². The van der Waals surface area contributed by atoms with Crippen LogP contribution < -0.4 is 10.6 Å². The molecule has 2 N–H and O–H groups in total. The smallest absolute Gasteiger partial charge is 0.190 e. The highest BCUT2D eigenvalue weighted by molar-refractivity contribution is 14.0. The first-order chi connectivity index (χ1) is 11.3. The van der Waals surface area contributed by atoms with E-state index >= 15 is 0 Å². The highest BCUT2D eigenvalue weighted by atomic mass is 127. The Balaban J connectivity index is 0.00000288. The fraction of sp³-hybridized carbons (Fsp3) is 0.562. The van der Waals surface area contributed by atoms with E-state index in [0.29, 0.717) is 0 Å². The van der Waals surface area contributed by atoms with Crippen molar-refractivity contribution in [3.63, 3.8) is 0 Å². The Kier molecular flexibility index (Phi) is 10.3. The van der Waals surface area contributed by atoms with Crippen molar-refractivity contribution in [1.29, 1.82) is 0 Å². The van der Waals surface area contributed by atoms with Crippen LogP contribution in [-0.4, -0.2) is 53.9 Å². The normalized spacial score (nSPS) is 11.3. The third-order valence-corrected chi connectivity index (χ3v) is 3.46. The van der Waals surface area contributed by atoms with E-state index in [1.165, 1.54) is 0 Å². The van der Waals surface area contributed by atoms with Crippen molar-refractivity contribution in [1.82, 2.24) is 25.2 Å². The zero-order valence-electron chi connectivity index (χ0n) is 14.4. The van der Waals surface area contributed by atoms with Gasteiger partial charge in [-0.25, -0.2) is 0 Å². The van der Waals surface area contributed by atoms with Gasteiger partial charge in [0.2, 0.25) is 0 Å². The van der Waals surface area contributed by atoms with E-state index in [4.69, 9.17) is 4.74 Å². The average molecular weight is 446 g/mol. The lowest BCUT2D eigenvalue weighted by atomic mass is 10.3. The summed E-state index contributed by atoms with van der Waals surface area (Å²) in [7, 11) is 1.78. The number of halogens is 1. The van der Waals surface area contributed by atoms with Gasteiger partial charge >= 0.3 is 0 Å². The predicted octanol–water partition coefficient (Wildman–Crippen LogP) is 1.87. The lowest BCUT2D eigenvalue weighted by Crippen LogP contribution is -2.38. The van der Waals surface area contributed by atoms with E-state index in [1.54, 1.807) is 7.05 Å². The number of hydrogen-bond acceptors (Lipinski definition) is 4. The number of ether oxygens (including phenoxy) is 1. The number of rotatable bonds is 9. The summed E-state index contributed by atoms with van der Waals surface area (Å²) in [6, 6.07) is 5.89. The highest BCUT2D eigenvalue weighted by Crippen LogP contribution is 2.02. The highest BCUT2D eigenvalue weighted by Gasteiger charge is 2.04. The molecule has 0 aliphatic rings. The molecule has 0 saturated carbocycles. The Labute approximate surface area is 160 Å². The summed E-state index contributed by atoms with van der Waals surface area (Å²) in [4.78, 5) is 4.22. The summed E-state index contributed by atoms with van der Waals surface area (Å²) in [6.07, 6.45) is 4.89. The number of nitrogens with zero attached hydrogens (tertiary/aromatic N) is 4. The van der Waals surface area contributed by atoms with Crippen molar-refractivity contribution >= 4 is 35.6 Å². The minimum absolute atomic E-state index is 0. The van der Waals surface area contributed by atoms with Gasteiger partial charge in [-0.1, -0.05) is 6.07 Å². The molecule has 7 nitrogen and oxygen atoms in total. The molecule has 0 saturated heterocycles. The van der Waals surface area contributed by atoms with Gasteiger partial charge in [-0.05, 0) is 31.9 Å². The van der Waals surface area contributed by atoms with Crippen LogP contribution in [0, 0.1) is 0 Å². The largest absolute Gasteiger partial charge is 0.382 e. The number of guanidine groups is 1. The first-order valence-electron chi connectivity index (χ1n) is 8.16. The summed E-state index contributed by atoms with van der Waals surface area (Å²) >= 11 is 0. The molecule has 0 aromatic carbocycles. The van der Waals surface area contributed by atoms with Gasteiger partial charge in [0.05, 0.1) is 0 Å². The maximum Gasteiger partial charge on any atom is 0.190 e. The summed E-state index contributed by atoms with van der Waals surface area (Å²) in [6.45, 7) is 5.27. The maximum atomic E-state index is 5.32. The maximum absolute atomic E-state index is 5.32. The average Bonchev–Trinajstić information content (AvgIpc) is 2.99. The Morgan fingerprint density at radius 1 is 1.21 bits per heavy atom. The summed E-state index contributed by atoms with van der Waals surface area (Å²) in [5, 5.41) is 15.0. The van der Waals surface area contributed by atoms with Crippen LogP contribution in [0.4, 0.5) is 0 Å². The van der Waals surface area contributed by atoms with Crippen molar-refractivity contribution in [3.05, 3.63) is 30.2 Å². The molecule has 2 rings (SSSR count). The van der Waals surface area contributed by atoms with E-state index in [-0.39, 0.29) is 24.0 Å². The number of aromatic nitrogens is 3. The number of fused-ring (bicyclic) bond motifs is 1. The van der Waals surface area contributed by atoms with Crippen LogP contribution in [0.1, 0.15) is 25.6 Å². The van der Waals surface area contributed by atoms with Crippen LogP contribution in [-0.2, 0) is 11.2 Å². The zero-order valence-corrected chi connectivity index (χ0v) is 16.7. The minimum atomic E-state index is 0. The van der Waals surface area contributed by atoms with E-state index in [0.717, 1.165) is 63.0 Å². The van der Waals surface area contributed by atoms with Gasteiger partial charge in [0.15, 0.2) is 11.6 Å². The molecule has 0 fully saturated rings. The quantitative estimate of drug-likeness (QED) is 0.266. The van der Waals surface area contributed by atoms with Gasteiger partial charge in [0, 0.05) is 46.0 Å². The predicted molar refractivity (Wildman–Crippen MR) is 107 cm³/mol. The molecule has 24 heavy (non-hydrogen) atoms. The van der Waals surface area contributed by atoms with Crippen LogP contribution in [0.5, 0.6) is 0 Å². The lowest BCUT2D eigenvalue weighted by molar-refractivity contribution is 0.143. The second-order valence-electron chi connectivity index (χ2n) is 5.12. The van der Waals surface area contributed by atoms with Crippen molar-refractivity contribution < 1.29 is 4.74 Å². The van der Waals surface area contributed by atoms with Crippen LogP contribution in [0.15, 0.2) is 29.4 Å². The molecule has 0 unspecified atom stereocenters. The van der Waals surface area contributed by atoms with Gasteiger partial charge in [0.1, 0.15) is 5.82 Å². The third-order valence-electron chi connectivity index (χ3n) is 3.46. The molecule has 2 heterocycles. The number of aliphatic imine (C=N–C) groups is 1. The van der Waals surface area contributed by atoms with Crippen molar-refractivity contribution in [2.24, 2.45) is 4.99 Å². The van der Waals surface area contributed by atoms with E-state index < -0.39 is 0 Å². The standard InChI is InChI=1S/C16H26N6O.HI/c1-3-23-13-7-5-10-18-16(17-2)19-11-9-15-21-20-14-8-4-6-12-22(14)15;/h4,6,8,12H,3,5,7,9-11,13H2,1-2H3,(H2,17,18,19);1H. The first kappa shape index (κ1) is 20.6. The van der Waals surface area contributed by atoms with E-state index in [9.17, 15) is 0 Å². The van der Waals surface area contributed by atoms with Crippen LogP contribution in [0.25, 0.3) is 5.65 Å². The van der Waals surface area contributed by atoms with E-state index in [1.807, 2.05) is 35.7 Å². The second kappa shape index (κ2) is 12.0. The van der Waals surface area contributed by atoms with Gasteiger partial charge in [-0.15, -0.1) is 34.2 Å². The van der Waals surface area contributed by atoms with Crippen molar-refractivity contribution in [2.45, 2.75) is 26.2 Å². The Morgan fingerprint density at radius 3 is 2.83 bits per heavy atom. The number of nitrogens with one attached hydrogen (secondary N) is 2. The molecule has 8 heteroatoms. The summed E-state index contributed by atoms with van der Waals surface area (Å²) < 4.78 is 7.32. The fourth-order valence-electron chi connectivity index (χ4n) is 2.25. The monoisotopic (exact) mass is 446 g/mol. The van der Waals surface area contributed by atoms with Gasteiger partial charge < -0.3 is 15.4 Å². The Bertz CT molecular complexity index is 615. The molecule has 2 aromatic heterocycles. The van der Waals surface area contributed by atoms with Gasteiger partial charge in [-0.2, -0.15) is 0 Å². The lowest BCUT2D eigenvalue weighted by Gasteiger charge is -2.11. The molecule has 0 amide bonds. The minimum Gasteiger partial charge on any atom is -0.382 e. The molecule has 0 atom stereocenters.